The van der Waals surface area contributed by atoms with E-state index in [0.29, 0.717) is 15.6 Å². The molecule has 2 aromatic rings. The standard InChI is InChI=1S/C21H21Cl2N5/c22-18-7-4-8-19(23)17(18)9-24-25-20(16-5-2-1-3-6-16)21-10-26-13-27(11-21)15-28(12-21)14-26/h1-9H,10-15H2/b24-9+,25-20+. The Morgan fingerprint density at radius 3 is 1.96 bits per heavy atom. The second-order valence-corrected chi connectivity index (χ2v) is 8.70. The van der Waals surface area contributed by atoms with Crippen molar-refractivity contribution in [2.45, 2.75) is 0 Å². The molecule has 4 aliphatic heterocycles. The van der Waals surface area contributed by atoms with Crippen molar-refractivity contribution in [1.82, 2.24) is 14.7 Å². The number of hydrogen-bond donors (Lipinski definition) is 0. The molecular weight excluding hydrogens is 393 g/mol. The lowest BCUT2D eigenvalue weighted by atomic mass is 9.74. The van der Waals surface area contributed by atoms with Crippen LogP contribution in [0.3, 0.4) is 0 Å². The van der Waals surface area contributed by atoms with E-state index in [9.17, 15) is 0 Å². The zero-order valence-electron chi connectivity index (χ0n) is 15.4. The fourth-order valence-corrected chi connectivity index (χ4v) is 5.28. The van der Waals surface area contributed by atoms with E-state index in [4.69, 9.17) is 28.3 Å². The predicted molar refractivity (Wildman–Crippen MR) is 114 cm³/mol. The van der Waals surface area contributed by atoms with Crippen LogP contribution >= 0.6 is 23.2 Å². The van der Waals surface area contributed by atoms with Gasteiger partial charge in [-0.25, -0.2) is 0 Å². The van der Waals surface area contributed by atoms with Gasteiger partial charge in [-0.2, -0.15) is 10.2 Å². The summed E-state index contributed by atoms with van der Waals surface area (Å²) in [7, 11) is 0. The van der Waals surface area contributed by atoms with E-state index < -0.39 is 0 Å². The zero-order valence-corrected chi connectivity index (χ0v) is 16.9. The van der Waals surface area contributed by atoms with Crippen molar-refractivity contribution in [2.75, 3.05) is 39.6 Å². The van der Waals surface area contributed by atoms with Crippen LogP contribution in [-0.4, -0.2) is 66.3 Å². The molecule has 0 aliphatic carbocycles. The molecule has 4 heterocycles. The highest BCUT2D eigenvalue weighted by molar-refractivity contribution is 6.38. The van der Waals surface area contributed by atoms with Crippen molar-refractivity contribution in [2.24, 2.45) is 15.6 Å². The summed E-state index contributed by atoms with van der Waals surface area (Å²) in [5, 5.41) is 10.3. The van der Waals surface area contributed by atoms with Crippen LogP contribution in [0.4, 0.5) is 0 Å². The molecule has 4 aliphatic rings. The summed E-state index contributed by atoms with van der Waals surface area (Å²) in [6.45, 7) is 6.15. The first-order valence-electron chi connectivity index (χ1n) is 9.41. The summed E-state index contributed by atoms with van der Waals surface area (Å²) >= 11 is 12.5. The Labute approximate surface area is 174 Å². The molecule has 144 valence electrons. The van der Waals surface area contributed by atoms with Crippen LogP contribution in [0.25, 0.3) is 0 Å². The number of hydrogen-bond acceptors (Lipinski definition) is 5. The van der Waals surface area contributed by atoms with Gasteiger partial charge >= 0.3 is 0 Å². The zero-order chi connectivity index (χ0) is 19.1. The van der Waals surface area contributed by atoms with E-state index in [2.05, 4.69) is 44.1 Å². The molecule has 4 bridgehead atoms. The van der Waals surface area contributed by atoms with Gasteiger partial charge in [0.05, 0.1) is 47.4 Å². The summed E-state index contributed by atoms with van der Waals surface area (Å²) < 4.78 is 0. The maximum Gasteiger partial charge on any atom is 0.0802 e. The third-order valence-corrected chi connectivity index (χ3v) is 6.33. The quantitative estimate of drug-likeness (QED) is 0.566. The summed E-state index contributed by atoms with van der Waals surface area (Å²) in [6, 6.07) is 15.8. The van der Waals surface area contributed by atoms with E-state index in [1.165, 1.54) is 0 Å². The highest BCUT2D eigenvalue weighted by Gasteiger charge is 2.51. The van der Waals surface area contributed by atoms with E-state index in [-0.39, 0.29) is 5.41 Å². The van der Waals surface area contributed by atoms with E-state index in [1.807, 2.05) is 24.3 Å². The van der Waals surface area contributed by atoms with Gasteiger partial charge in [0.15, 0.2) is 0 Å². The molecule has 6 rings (SSSR count). The molecule has 4 saturated heterocycles. The third kappa shape index (κ3) is 3.27. The molecule has 0 N–H and O–H groups in total. The number of halogens is 2. The molecule has 0 spiro atoms. The Hall–Kier alpha value is -1.76. The van der Waals surface area contributed by atoms with Crippen LogP contribution in [0.5, 0.6) is 0 Å². The van der Waals surface area contributed by atoms with E-state index >= 15 is 0 Å². The van der Waals surface area contributed by atoms with Gasteiger partial charge in [0.25, 0.3) is 0 Å². The van der Waals surface area contributed by atoms with Crippen molar-refractivity contribution in [3.05, 3.63) is 69.7 Å². The maximum atomic E-state index is 6.27. The minimum atomic E-state index is -0.0439. The van der Waals surface area contributed by atoms with Gasteiger partial charge in [-0.15, -0.1) is 0 Å². The molecule has 28 heavy (non-hydrogen) atoms. The molecule has 0 saturated carbocycles. The molecule has 0 amide bonds. The maximum absolute atomic E-state index is 6.27. The Balaban J connectivity index is 1.55. The van der Waals surface area contributed by atoms with Crippen LogP contribution in [0.15, 0.2) is 58.7 Å². The lowest BCUT2D eigenvalue weighted by Crippen LogP contribution is -2.74. The highest BCUT2D eigenvalue weighted by Crippen LogP contribution is 2.38. The normalized spacial score (nSPS) is 31.6. The molecule has 2 aromatic carbocycles. The fourth-order valence-electron chi connectivity index (χ4n) is 4.79. The minimum absolute atomic E-state index is 0.0439. The fraction of sp³-hybridized carbons (Fsp3) is 0.333. The van der Waals surface area contributed by atoms with Gasteiger partial charge in [-0.3, -0.25) is 14.7 Å². The lowest BCUT2D eigenvalue weighted by Gasteiger charge is -2.60. The predicted octanol–water partition coefficient (Wildman–Crippen LogP) is 3.62. The summed E-state index contributed by atoms with van der Waals surface area (Å²) in [6.07, 6.45) is 1.66. The smallest absolute Gasteiger partial charge is 0.0802 e. The summed E-state index contributed by atoms with van der Waals surface area (Å²) in [5.41, 5.74) is 2.81. The van der Waals surface area contributed by atoms with Crippen molar-refractivity contribution < 1.29 is 0 Å². The number of benzene rings is 2. The third-order valence-electron chi connectivity index (χ3n) is 5.67. The van der Waals surface area contributed by atoms with Crippen molar-refractivity contribution >= 4 is 35.1 Å². The number of nitrogens with zero attached hydrogens (tertiary/aromatic N) is 5. The second kappa shape index (κ2) is 7.25. The first kappa shape index (κ1) is 18.3. The van der Waals surface area contributed by atoms with Gasteiger partial charge < -0.3 is 0 Å². The average molecular weight is 414 g/mol. The van der Waals surface area contributed by atoms with Crippen LogP contribution in [0.2, 0.25) is 10.0 Å². The van der Waals surface area contributed by atoms with Gasteiger partial charge in [0, 0.05) is 25.2 Å². The first-order chi connectivity index (χ1) is 13.6. The Kier molecular flexibility index (Phi) is 4.73. The topological polar surface area (TPSA) is 34.4 Å². The van der Waals surface area contributed by atoms with Crippen molar-refractivity contribution in [3.8, 4) is 0 Å². The Morgan fingerprint density at radius 2 is 1.39 bits per heavy atom. The summed E-state index contributed by atoms with van der Waals surface area (Å²) in [4.78, 5) is 7.47. The monoisotopic (exact) mass is 413 g/mol. The second-order valence-electron chi connectivity index (χ2n) is 7.89. The Bertz CT molecular complexity index is 886. The molecule has 0 unspecified atom stereocenters. The van der Waals surface area contributed by atoms with Crippen LogP contribution < -0.4 is 0 Å². The minimum Gasteiger partial charge on any atom is -0.276 e. The lowest BCUT2D eigenvalue weighted by molar-refractivity contribution is -0.149. The van der Waals surface area contributed by atoms with Gasteiger partial charge in [-0.1, -0.05) is 59.6 Å². The molecule has 0 aromatic heterocycles. The molecule has 7 heteroatoms. The van der Waals surface area contributed by atoms with Crippen molar-refractivity contribution in [3.63, 3.8) is 0 Å². The average Bonchev–Trinajstić information content (AvgIpc) is 2.66. The molecule has 0 atom stereocenters. The van der Waals surface area contributed by atoms with Crippen LogP contribution in [-0.2, 0) is 0 Å². The van der Waals surface area contributed by atoms with E-state index in [0.717, 1.165) is 50.9 Å². The van der Waals surface area contributed by atoms with Crippen LogP contribution in [0.1, 0.15) is 11.1 Å². The van der Waals surface area contributed by atoms with E-state index in [1.54, 1.807) is 6.21 Å². The molecule has 5 nitrogen and oxygen atoms in total. The largest absolute Gasteiger partial charge is 0.276 e. The molecule has 0 radical (unpaired) electrons. The first-order valence-corrected chi connectivity index (χ1v) is 10.2. The number of rotatable bonds is 4. The molecule has 4 fully saturated rings. The highest BCUT2D eigenvalue weighted by atomic mass is 35.5. The Morgan fingerprint density at radius 1 is 0.821 bits per heavy atom. The van der Waals surface area contributed by atoms with Crippen molar-refractivity contribution in [1.29, 1.82) is 0 Å². The van der Waals surface area contributed by atoms with Gasteiger partial charge in [0.2, 0.25) is 0 Å². The van der Waals surface area contributed by atoms with Gasteiger partial charge in [-0.05, 0) is 17.7 Å². The van der Waals surface area contributed by atoms with Crippen LogP contribution in [0, 0.1) is 5.41 Å². The molecular formula is C21H21Cl2N5. The SMILES string of the molecule is Clc1cccc(Cl)c1/C=N/N=C(\c1ccccc1)C12CN3CN(CN(C3)C1)C2. The summed E-state index contributed by atoms with van der Waals surface area (Å²) in [5.74, 6) is 0. The van der Waals surface area contributed by atoms with Gasteiger partial charge in [0.1, 0.15) is 0 Å².